The van der Waals surface area contributed by atoms with Gasteiger partial charge in [-0.15, -0.1) is 0 Å². The molecule has 0 bridgehead atoms. The average Bonchev–Trinajstić information content (AvgIpc) is 3.23. The van der Waals surface area contributed by atoms with E-state index in [-0.39, 0.29) is 12.0 Å². The van der Waals surface area contributed by atoms with Crippen molar-refractivity contribution < 1.29 is 14.1 Å². The first-order chi connectivity index (χ1) is 15.4. The Balaban J connectivity index is 1.36. The van der Waals surface area contributed by atoms with E-state index in [2.05, 4.69) is 15.0 Å². The van der Waals surface area contributed by atoms with Crippen LogP contribution in [0.2, 0.25) is 5.02 Å². The Bertz CT molecular complexity index is 1070. The minimum Gasteiger partial charge on any atom is -0.490 e. The number of amides is 1. The van der Waals surface area contributed by atoms with Gasteiger partial charge in [-0.25, -0.2) is 0 Å². The monoisotopic (exact) mass is 454 g/mol. The van der Waals surface area contributed by atoms with Crippen LogP contribution in [0.5, 0.6) is 5.75 Å². The van der Waals surface area contributed by atoms with Crippen molar-refractivity contribution in [2.75, 3.05) is 26.2 Å². The normalized spacial score (nSPS) is 14.7. The third kappa shape index (κ3) is 5.29. The summed E-state index contributed by atoms with van der Waals surface area (Å²) in [5.41, 5.74) is 2.62. The molecule has 0 spiro atoms. The number of piperazine rings is 1. The molecular weight excluding hydrogens is 428 g/mol. The summed E-state index contributed by atoms with van der Waals surface area (Å²) in [5, 5.41) is 4.62. The van der Waals surface area contributed by atoms with Crippen molar-refractivity contribution in [1.82, 2.24) is 19.9 Å². The smallest absolute Gasteiger partial charge is 0.257 e. The van der Waals surface area contributed by atoms with E-state index < -0.39 is 0 Å². The van der Waals surface area contributed by atoms with Crippen LogP contribution in [0.25, 0.3) is 11.4 Å². The summed E-state index contributed by atoms with van der Waals surface area (Å²) in [5.74, 6) is 1.66. The lowest BCUT2D eigenvalue weighted by Gasteiger charge is -2.34. The third-order valence-corrected chi connectivity index (χ3v) is 5.57. The number of nitrogens with zero attached hydrogens (tertiary/aromatic N) is 4. The molecule has 1 aromatic heterocycles. The van der Waals surface area contributed by atoms with E-state index in [0.717, 1.165) is 18.7 Å². The number of rotatable bonds is 6. The topological polar surface area (TPSA) is 71.7 Å². The number of aryl methyl sites for hydroxylation is 1. The number of hydrogen-bond acceptors (Lipinski definition) is 6. The minimum absolute atomic E-state index is 0.0289. The van der Waals surface area contributed by atoms with Gasteiger partial charge >= 0.3 is 0 Å². The molecule has 32 heavy (non-hydrogen) atoms. The van der Waals surface area contributed by atoms with Gasteiger partial charge in [0.05, 0.1) is 18.2 Å². The van der Waals surface area contributed by atoms with Gasteiger partial charge in [-0.05, 0) is 39.0 Å². The second-order valence-electron chi connectivity index (χ2n) is 8.25. The highest BCUT2D eigenvalue weighted by atomic mass is 35.5. The molecule has 0 saturated carbocycles. The Kier molecular flexibility index (Phi) is 6.77. The standard InChI is InChI=1S/C24H27ClN4O3/c1-16(2)31-21-9-8-19(25)14-20(21)24(30)29-12-10-28(11-13-29)15-22-26-23(27-32-22)18-6-4-17(3)5-7-18/h4-9,14,16H,10-13,15H2,1-3H3. The molecule has 1 aliphatic rings. The van der Waals surface area contributed by atoms with Crippen LogP contribution in [0, 0.1) is 6.92 Å². The number of ether oxygens (including phenoxy) is 1. The number of carbonyl (C=O) groups is 1. The zero-order valence-corrected chi connectivity index (χ0v) is 19.3. The van der Waals surface area contributed by atoms with Crippen molar-refractivity contribution in [1.29, 1.82) is 0 Å². The number of aromatic nitrogens is 2. The quantitative estimate of drug-likeness (QED) is 0.548. The SMILES string of the molecule is Cc1ccc(-c2noc(CN3CCN(C(=O)c4cc(Cl)ccc4OC(C)C)CC3)n2)cc1. The second-order valence-corrected chi connectivity index (χ2v) is 8.69. The minimum atomic E-state index is -0.0674. The molecular formula is C24H27ClN4O3. The molecule has 1 amide bonds. The van der Waals surface area contributed by atoms with Gasteiger partial charge in [0.2, 0.25) is 11.7 Å². The molecule has 2 aromatic carbocycles. The molecule has 0 aliphatic carbocycles. The van der Waals surface area contributed by atoms with E-state index in [0.29, 0.717) is 47.7 Å². The average molecular weight is 455 g/mol. The van der Waals surface area contributed by atoms with Crippen LogP contribution in [-0.2, 0) is 6.54 Å². The molecule has 0 radical (unpaired) electrons. The molecule has 2 heterocycles. The van der Waals surface area contributed by atoms with E-state index in [9.17, 15) is 4.79 Å². The summed E-state index contributed by atoms with van der Waals surface area (Å²) in [6.07, 6.45) is -0.0289. The maximum atomic E-state index is 13.1. The van der Waals surface area contributed by atoms with Crippen molar-refractivity contribution >= 4 is 17.5 Å². The fourth-order valence-corrected chi connectivity index (χ4v) is 3.81. The summed E-state index contributed by atoms with van der Waals surface area (Å²) in [4.78, 5) is 21.7. The molecule has 0 unspecified atom stereocenters. The van der Waals surface area contributed by atoms with Crippen molar-refractivity contribution in [3.63, 3.8) is 0 Å². The number of hydrogen-bond donors (Lipinski definition) is 0. The Labute approximate surface area is 192 Å². The number of benzene rings is 2. The summed E-state index contributed by atoms with van der Waals surface area (Å²) < 4.78 is 11.3. The highest BCUT2D eigenvalue weighted by Crippen LogP contribution is 2.26. The highest BCUT2D eigenvalue weighted by Gasteiger charge is 2.26. The zero-order chi connectivity index (χ0) is 22.7. The van der Waals surface area contributed by atoms with Crippen molar-refractivity contribution in [2.24, 2.45) is 0 Å². The second kappa shape index (κ2) is 9.71. The van der Waals surface area contributed by atoms with E-state index in [1.807, 2.05) is 49.9 Å². The maximum absolute atomic E-state index is 13.1. The molecule has 1 aliphatic heterocycles. The third-order valence-electron chi connectivity index (χ3n) is 5.33. The van der Waals surface area contributed by atoms with Crippen LogP contribution in [0.3, 0.4) is 0 Å². The summed E-state index contributed by atoms with van der Waals surface area (Å²) in [7, 11) is 0. The van der Waals surface area contributed by atoms with Crippen LogP contribution >= 0.6 is 11.6 Å². The Morgan fingerprint density at radius 3 is 2.53 bits per heavy atom. The summed E-state index contributed by atoms with van der Waals surface area (Å²) in [6, 6.07) is 13.2. The van der Waals surface area contributed by atoms with Gasteiger partial charge in [-0.3, -0.25) is 9.69 Å². The van der Waals surface area contributed by atoms with Crippen LogP contribution in [-0.4, -0.2) is 58.1 Å². The van der Waals surface area contributed by atoms with Crippen LogP contribution in [0.1, 0.15) is 35.7 Å². The van der Waals surface area contributed by atoms with E-state index >= 15 is 0 Å². The Hall–Kier alpha value is -2.90. The van der Waals surface area contributed by atoms with Gasteiger partial charge in [-0.1, -0.05) is 46.6 Å². The van der Waals surface area contributed by atoms with Gasteiger partial charge in [0.25, 0.3) is 5.91 Å². The van der Waals surface area contributed by atoms with Gasteiger partial charge in [0, 0.05) is 36.8 Å². The molecule has 4 rings (SSSR count). The first-order valence-corrected chi connectivity index (χ1v) is 11.1. The van der Waals surface area contributed by atoms with Crippen LogP contribution < -0.4 is 4.74 Å². The summed E-state index contributed by atoms with van der Waals surface area (Å²) >= 11 is 6.15. The first kappa shape index (κ1) is 22.3. The fraction of sp³-hybridized carbons (Fsp3) is 0.375. The van der Waals surface area contributed by atoms with Gasteiger partial charge in [0.15, 0.2) is 0 Å². The molecule has 7 nitrogen and oxygen atoms in total. The maximum Gasteiger partial charge on any atom is 0.257 e. The number of halogens is 1. The van der Waals surface area contributed by atoms with Gasteiger partial charge < -0.3 is 14.2 Å². The van der Waals surface area contributed by atoms with Crippen LogP contribution in [0.4, 0.5) is 0 Å². The summed E-state index contributed by atoms with van der Waals surface area (Å²) in [6.45, 7) is 9.10. The molecule has 0 N–H and O–H groups in total. The van der Waals surface area contributed by atoms with E-state index in [1.165, 1.54) is 5.56 Å². The van der Waals surface area contributed by atoms with Crippen molar-refractivity contribution in [2.45, 2.75) is 33.4 Å². The molecule has 1 fully saturated rings. The van der Waals surface area contributed by atoms with Gasteiger partial charge in [0.1, 0.15) is 5.75 Å². The van der Waals surface area contributed by atoms with Crippen molar-refractivity contribution in [3.05, 3.63) is 64.5 Å². The van der Waals surface area contributed by atoms with Crippen LogP contribution in [0.15, 0.2) is 47.0 Å². The zero-order valence-electron chi connectivity index (χ0n) is 18.5. The van der Waals surface area contributed by atoms with Crippen molar-refractivity contribution in [3.8, 4) is 17.1 Å². The fourth-order valence-electron chi connectivity index (χ4n) is 3.64. The molecule has 168 valence electrons. The molecule has 8 heteroatoms. The van der Waals surface area contributed by atoms with E-state index in [4.69, 9.17) is 20.9 Å². The molecule has 3 aromatic rings. The lowest BCUT2D eigenvalue weighted by Crippen LogP contribution is -2.48. The Morgan fingerprint density at radius 1 is 1.12 bits per heavy atom. The predicted molar refractivity (Wildman–Crippen MR) is 123 cm³/mol. The highest BCUT2D eigenvalue weighted by molar-refractivity contribution is 6.31. The number of carbonyl (C=O) groups excluding carboxylic acids is 1. The Morgan fingerprint density at radius 2 is 1.84 bits per heavy atom. The van der Waals surface area contributed by atoms with E-state index in [1.54, 1.807) is 18.2 Å². The largest absolute Gasteiger partial charge is 0.490 e. The van der Waals surface area contributed by atoms with Gasteiger partial charge in [-0.2, -0.15) is 4.98 Å². The first-order valence-electron chi connectivity index (χ1n) is 10.8. The lowest BCUT2D eigenvalue weighted by atomic mass is 10.1. The lowest BCUT2D eigenvalue weighted by molar-refractivity contribution is 0.0609. The predicted octanol–water partition coefficient (Wildman–Crippen LogP) is 4.44. The molecule has 0 atom stereocenters. The molecule has 1 saturated heterocycles.